The van der Waals surface area contributed by atoms with E-state index in [0.29, 0.717) is 46.7 Å². The summed E-state index contributed by atoms with van der Waals surface area (Å²) in [5.41, 5.74) is 0.873. The lowest BCUT2D eigenvalue weighted by Gasteiger charge is -2.57. The van der Waals surface area contributed by atoms with E-state index < -0.39 is 11.7 Å². The largest absolute Gasteiger partial charge is 0.492 e. The minimum atomic E-state index is -4.47. The highest BCUT2D eigenvalue weighted by Gasteiger charge is 2.52. The summed E-state index contributed by atoms with van der Waals surface area (Å²) in [4.78, 5) is 4.16. The molecule has 1 aromatic carbocycles. The van der Waals surface area contributed by atoms with Crippen molar-refractivity contribution < 1.29 is 27.2 Å². The Kier molecular flexibility index (Phi) is 7.04. The number of aromatic nitrogens is 2. The van der Waals surface area contributed by atoms with E-state index in [1.54, 1.807) is 18.3 Å². The Hall–Kier alpha value is -3.80. The van der Waals surface area contributed by atoms with Crippen LogP contribution in [0.4, 0.5) is 13.2 Å². The monoisotopic (exact) mass is 563 g/mol. The van der Waals surface area contributed by atoms with Crippen molar-refractivity contribution in [1.82, 2.24) is 10.1 Å². The van der Waals surface area contributed by atoms with Gasteiger partial charge in [-0.3, -0.25) is 0 Å². The number of rotatable bonds is 9. The summed E-state index contributed by atoms with van der Waals surface area (Å²) in [6, 6.07) is 9.34. The van der Waals surface area contributed by atoms with Gasteiger partial charge in [-0.25, -0.2) is 4.98 Å². The Morgan fingerprint density at radius 3 is 2.61 bits per heavy atom. The van der Waals surface area contributed by atoms with E-state index in [-0.39, 0.29) is 29.0 Å². The molecule has 6 nitrogen and oxygen atoms in total. The van der Waals surface area contributed by atoms with Crippen LogP contribution in [0.2, 0.25) is 0 Å². The Balaban J connectivity index is 1.06. The molecular weight excluding hydrogens is 531 g/mol. The van der Waals surface area contributed by atoms with Crippen LogP contribution < -0.4 is 9.47 Å². The van der Waals surface area contributed by atoms with Gasteiger partial charge in [0.05, 0.1) is 24.5 Å². The summed E-state index contributed by atoms with van der Waals surface area (Å²) in [6.45, 7) is 4.38. The fraction of sp³-hybridized carbons (Fsp3) is 0.469. The summed E-state index contributed by atoms with van der Waals surface area (Å²) in [7, 11) is 0. The topological polar surface area (TPSA) is 81.2 Å². The van der Waals surface area contributed by atoms with Gasteiger partial charge >= 0.3 is 6.18 Å². The minimum absolute atomic E-state index is 0.0579. The zero-order valence-corrected chi connectivity index (χ0v) is 23.1. The van der Waals surface area contributed by atoms with Crippen LogP contribution in [0.15, 0.2) is 47.1 Å². The van der Waals surface area contributed by atoms with Gasteiger partial charge in [0.1, 0.15) is 23.3 Å². The van der Waals surface area contributed by atoms with E-state index in [2.05, 4.69) is 16.2 Å². The number of alkyl halides is 3. The third kappa shape index (κ3) is 5.70. The van der Waals surface area contributed by atoms with Crippen molar-refractivity contribution >= 4 is 6.08 Å². The molecule has 1 spiro atoms. The van der Waals surface area contributed by atoms with Crippen molar-refractivity contribution in [3.8, 4) is 28.8 Å². The molecule has 214 valence electrons. The lowest BCUT2D eigenvalue weighted by molar-refractivity contribution is -0.137. The highest BCUT2D eigenvalue weighted by Crippen LogP contribution is 2.61. The van der Waals surface area contributed by atoms with Crippen LogP contribution in [0.5, 0.6) is 11.5 Å². The predicted octanol–water partition coefficient (Wildman–Crippen LogP) is 8.19. The molecular formula is C32H32F3N3O3. The van der Waals surface area contributed by atoms with E-state index in [9.17, 15) is 18.4 Å². The Bertz CT molecular complexity index is 1490. The molecule has 3 saturated carbocycles. The normalized spacial score (nSPS) is 23.8. The molecule has 0 bridgehead atoms. The fourth-order valence-electron chi connectivity index (χ4n) is 6.43. The summed E-state index contributed by atoms with van der Waals surface area (Å²) in [5.74, 6) is 2.79. The standard InChI is InChI=1S/C32H32F3N3O3/c1-19(2)40-28-11-23(17-37-27(28)16-36)39-18-21-14-31(15-21)12-20(13-31)7-10-25-29(38-41-30(25)22-8-9-22)24-5-3-4-6-26(24)32(33,34)35/h3-7,10-11,17,19-22H,8-9,12-15,18H2,1-2H3. The van der Waals surface area contributed by atoms with Gasteiger partial charge in [0.2, 0.25) is 0 Å². The van der Waals surface area contributed by atoms with Crippen molar-refractivity contribution in [2.24, 2.45) is 17.3 Å². The zero-order valence-electron chi connectivity index (χ0n) is 23.1. The van der Waals surface area contributed by atoms with Crippen LogP contribution in [-0.4, -0.2) is 22.9 Å². The lowest BCUT2D eigenvalue weighted by Crippen LogP contribution is -2.48. The first-order chi connectivity index (χ1) is 19.6. The molecule has 2 aromatic heterocycles. The van der Waals surface area contributed by atoms with Gasteiger partial charge in [-0.1, -0.05) is 35.5 Å². The van der Waals surface area contributed by atoms with Gasteiger partial charge in [-0.15, -0.1) is 0 Å². The molecule has 0 saturated heterocycles. The molecule has 0 aliphatic heterocycles. The van der Waals surface area contributed by atoms with Crippen LogP contribution in [-0.2, 0) is 6.18 Å². The number of nitrogens with zero attached hydrogens (tertiary/aromatic N) is 3. The third-order valence-electron chi connectivity index (χ3n) is 8.34. The molecule has 0 unspecified atom stereocenters. The first-order valence-corrected chi connectivity index (χ1v) is 14.2. The Morgan fingerprint density at radius 2 is 1.93 bits per heavy atom. The van der Waals surface area contributed by atoms with Crippen molar-refractivity contribution in [3.63, 3.8) is 0 Å². The molecule has 0 N–H and O–H groups in total. The van der Waals surface area contributed by atoms with Crippen LogP contribution in [0.3, 0.4) is 0 Å². The van der Waals surface area contributed by atoms with Crippen LogP contribution in [0, 0.1) is 28.6 Å². The maximum Gasteiger partial charge on any atom is 0.417 e. The Labute approximate surface area is 237 Å². The second-order valence-corrected chi connectivity index (χ2v) is 12.0. The van der Waals surface area contributed by atoms with Crippen molar-refractivity contribution in [2.75, 3.05) is 6.61 Å². The number of allylic oxidation sites excluding steroid dienone is 1. The van der Waals surface area contributed by atoms with Gasteiger partial charge in [0.15, 0.2) is 11.4 Å². The first kappa shape index (κ1) is 27.4. The zero-order chi connectivity index (χ0) is 28.8. The summed E-state index contributed by atoms with van der Waals surface area (Å²) in [6.07, 6.45) is 7.32. The molecule has 9 heteroatoms. The van der Waals surface area contributed by atoms with Crippen molar-refractivity contribution in [2.45, 2.75) is 70.6 Å². The number of halogens is 3. The quantitative estimate of drug-likeness (QED) is 0.261. The highest BCUT2D eigenvalue weighted by molar-refractivity contribution is 5.76. The molecule has 0 atom stereocenters. The summed E-state index contributed by atoms with van der Waals surface area (Å²) in [5, 5.41) is 13.4. The van der Waals surface area contributed by atoms with E-state index in [4.69, 9.17) is 14.0 Å². The number of hydrogen-bond acceptors (Lipinski definition) is 6. The molecule has 6 rings (SSSR count). The number of hydrogen-bond donors (Lipinski definition) is 0. The highest BCUT2D eigenvalue weighted by atomic mass is 19.4. The average Bonchev–Trinajstić information content (AvgIpc) is 3.65. The van der Waals surface area contributed by atoms with Crippen LogP contribution in [0.25, 0.3) is 17.3 Å². The van der Waals surface area contributed by atoms with Gasteiger partial charge in [-0.2, -0.15) is 18.4 Å². The number of nitriles is 1. The van der Waals surface area contributed by atoms with Crippen LogP contribution in [0.1, 0.15) is 80.9 Å². The maximum absolute atomic E-state index is 13.7. The second kappa shape index (κ2) is 10.6. The second-order valence-electron chi connectivity index (χ2n) is 12.0. The number of ether oxygens (including phenoxy) is 2. The van der Waals surface area contributed by atoms with Crippen LogP contribution >= 0.6 is 0 Å². The molecule has 2 heterocycles. The van der Waals surface area contributed by atoms with Gasteiger partial charge < -0.3 is 14.0 Å². The molecule has 3 aliphatic rings. The fourth-order valence-corrected chi connectivity index (χ4v) is 6.43. The molecule has 3 fully saturated rings. The van der Waals surface area contributed by atoms with Crippen molar-refractivity contribution in [3.05, 3.63) is 65.2 Å². The molecule has 41 heavy (non-hydrogen) atoms. The molecule has 0 amide bonds. The molecule has 0 radical (unpaired) electrons. The van der Waals surface area contributed by atoms with E-state index in [1.165, 1.54) is 12.1 Å². The van der Waals surface area contributed by atoms with Crippen molar-refractivity contribution in [1.29, 1.82) is 5.26 Å². The number of benzene rings is 1. The first-order valence-electron chi connectivity index (χ1n) is 14.2. The third-order valence-corrected chi connectivity index (χ3v) is 8.34. The van der Waals surface area contributed by atoms with E-state index in [0.717, 1.165) is 44.6 Å². The smallest absolute Gasteiger partial charge is 0.417 e. The Morgan fingerprint density at radius 1 is 1.17 bits per heavy atom. The SMILES string of the molecule is CC(C)Oc1cc(OCC2CC3(CC(C=Cc4c(-c5ccccc5C(F)(F)F)noc4C4CC4)C3)C2)cnc1C#N. The number of pyridine rings is 1. The summed E-state index contributed by atoms with van der Waals surface area (Å²) < 4.78 is 58.4. The lowest BCUT2D eigenvalue weighted by atomic mass is 9.48. The van der Waals surface area contributed by atoms with Gasteiger partial charge in [-0.05, 0) is 75.7 Å². The maximum atomic E-state index is 13.7. The summed E-state index contributed by atoms with van der Waals surface area (Å²) >= 11 is 0. The van der Waals surface area contributed by atoms with Gasteiger partial charge in [0.25, 0.3) is 0 Å². The minimum Gasteiger partial charge on any atom is -0.492 e. The van der Waals surface area contributed by atoms with E-state index in [1.807, 2.05) is 26.0 Å². The molecule has 3 aromatic rings. The average molecular weight is 564 g/mol. The molecule has 3 aliphatic carbocycles. The van der Waals surface area contributed by atoms with Gasteiger partial charge in [0, 0.05) is 23.1 Å². The van der Waals surface area contributed by atoms with E-state index >= 15 is 0 Å². The predicted molar refractivity (Wildman–Crippen MR) is 146 cm³/mol.